The van der Waals surface area contributed by atoms with Gasteiger partial charge < -0.3 is 21.1 Å². The number of ether oxygens (including phenoxy) is 1. The first-order valence-electron chi connectivity index (χ1n) is 11.3. The standard InChI is InChI=1S/C29H27N5O2/c1-4-25(35)34-21-12-8-19(9-13-21)23-16-17-24(32-3)28(29(30)31)27(23)20-10-14-22(15-11-20)36-26-7-5-6-18(2)33-26/h4-17,32H,1H2,2-3H3,(H3,30,31)(H,34,35). The van der Waals surface area contributed by atoms with Crippen LogP contribution in [0.3, 0.4) is 0 Å². The fraction of sp³-hybridized carbons (Fsp3) is 0.0690. The van der Waals surface area contributed by atoms with Gasteiger partial charge in [-0.05, 0) is 66.1 Å². The highest BCUT2D eigenvalue weighted by molar-refractivity contribution is 6.10. The molecule has 4 rings (SSSR count). The van der Waals surface area contributed by atoms with Gasteiger partial charge in [-0.15, -0.1) is 0 Å². The molecule has 4 aromatic rings. The lowest BCUT2D eigenvalue weighted by molar-refractivity contribution is -0.111. The number of rotatable bonds is 8. The Labute approximate surface area is 210 Å². The van der Waals surface area contributed by atoms with Crippen molar-refractivity contribution in [3.8, 4) is 33.9 Å². The third-order valence-electron chi connectivity index (χ3n) is 5.62. The van der Waals surface area contributed by atoms with E-state index < -0.39 is 0 Å². The Bertz CT molecular complexity index is 1430. The molecule has 0 fully saturated rings. The molecule has 0 unspecified atom stereocenters. The third-order valence-corrected chi connectivity index (χ3v) is 5.62. The van der Waals surface area contributed by atoms with E-state index in [-0.39, 0.29) is 11.7 Å². The summed E-state index contributed by atoms with van der Waals surface area (Å²) in [6, 6.07) is 24.6. The fourth-order valence-corrected chi connectivity index (χ4v) is 3.94. The largest absolute Gasteiger partial charge is 0.439 e. The van der Waals surface area contributed by atoms with Gasteiger partial charge in [0.15, 0.2) is 0 Å². The summed E-state index contributed by atoms with van der Waals surface area (Å²) in [6.07, 6.45) is 1.23. The lowest BCUT2D eigenvalue weighted by atomic mass is 9.88. The number of nitrogen functional groups attached to an aromatic ring is 1. The molecule has 0 saturated heterocycles. The highest BCUT2D eigenvalue weighted by atomic mass is 16.5. The first-order valence-corrected chi connectivity index (χ1v) is 11.3. The summed E-state index contributed by atoms with van der Waals surface area (Å²) >= 11 is 0. The number of amidine groups is 1. The minimum absolute atomic E-state index is 0.0460. The molecule has 0 bridgehead atoms. The van der Waals surface area contributed by atoms with Crippen LogP contribution in [0.1, 0.15) is 11.3 Å². The van der Waals surface area contributed by atoms with Gasteiger partial charge in [0.2, 0.25) is 11.8 Å². The second-order valence-electron chi connectivity index (χ2n) is 8.09. The molecular formula is C29H27N5O2. The molecule has 0 aliphatic rings. The van der Waals surface area contributed by atoms with Crippen molar-refractivity contribution in [1.82, 2.24) is 4.98 Å². The van der Waals surface area contributed by atoms with E-state index in [2.05, 4.69) is 22.2 Å². The number of hydrogen-bond acceptors (Lipinski definition) is 5. The van der Waals surface area contributed by atoms with E-state index in [0.717, 1.165) is 33.6 Å². The molecule has 0 aliphatic carbocycles. The van der Waals surface area contributed by atoms with Gasteiger partial charge in [-0.3, -0.25) is 10.2 Å². The smallest absolute Gasteiger partial charge is 0.247 e. The first kappa shape index (κ1) is 24.2. The van der Waals surface area contributed by atoms with Crippen LogP contribution in [0, 0.1) is 12.3 Å². The van der Waals surface area contributed by atoms with E-state index in [1.54, 1.807) is 7.05 Å². The number of aryl methyl sites for hydroxylation is 1. The molecule has 0 atom stereocenters. The summed E-state index contributed by atoms with van der Waals surface area (Å²) in [6.45, 7) is 5.39. The maximum Gasteiger partial charge on any atom is 0.247 e. The summed E-state index contributed by atoms with van der Waals surface area (Å²) < 4.78 is 5.91. The Balaban J connectivity index is 1.77. The molecule has 7 heteroatoms. The normalized spacial score (nSPS) is 10.4. The van der Waals surface area contributed by atoms with Gasteiger partial charge in [-0.1, -0.05) is 43.0 Å². The van der Waals surface area contributed by atoms with Crippen LogP contribution in [-0.2, 0) is 4.79 Å². The Hall–Kier alpha value is -4.91. The average molecular weight is 478 g/mol. The maximum atomic E-state index is 11.6. The van der Waals surface area contributed by atoms with E-state index >= 15 is 0 Å². The maximum absolute atomic E-state index is 11.6. The lowest BCUT2D eigenvalue weighted by Crippen LogP contribution is -2.15. The van der Waals surface area contributed by atoms with Crippen molar-refractivity contribution in [3.05, 3.63) is 103 Å². The van der Waals surface area contributed by atoms with E-state index in [4.69, 9.17) is 15.9 Å². The van der Waals surface area contributed by atoms with Crippen molar-refractivity contribution in [2.75, 3.05) is 17.7 Å². The molecule has 5 N–H and O–H groups in total. The molecule has 0 aliphatic heterocycles. The number of amides is 1. The molecule has 7 nitrogen and oxygen atoms in total. The third kappa shape index (κ3) is 5.26. The fourth-order valence-electron chi connectivity index (χ4n) is 3.94. The monoisotopic (exact) mass is 477 g/mol. The van der Waals surface area contributed by atoms with Crippen LogP contribution in [0.25, 0.3) is 22.3 Å². The molecule has 1 heterocycles. The number of nitrogens with two attached hydrogens (primary N) is 1. The van der Waals surface area contributed by atoms with Crippen molar-refractivity contribution in [1.29, 1.82) is 5.41 Å². The zero-order valence-electron chi connectivity index (χ0n) is 20.1. The van der Waals surface area contributed by atoms with Crippen molar-refractivity contribution >= 4 is 23.1 Å². The topological polar surface area (TPSA) is 113 Å². The number of benzene rings is 3. The minimum Gasteiger partial charge on any atom is -0.439 e. The Morgan fingerprint density at radius 1 is 1.00 bits per heavy atom. The van der Waals surface area contributed by atoms with Crippen molar-refractivity contribution in [2.45, 2.75) is 6.92 Å². The number of anilines is 2. The van der Waals surface area contributed by atoms with Gasteiger partial charge in [-0.25, -0.2) is 4.98 Å². The van der Waals surface area contributed by atoms with Crippen LogP contribution in [0.15, 0.2) is 91.5 Å². The first-order chi connectivity index (χ1) is 17.4. The van der Waals surface area contributed by atoms with E-state index in [1.165, 1.54) is 6.08 Å². The quantitative estimate of drug-likeness (QED) is 0.142. The van der Waals surface area contributed by atoms with Gasteiger partial charge in [0.05, 0.1) is 0 Å². The van der Waals surface area contributed by atoms with Crippen molar-refractivity contribution < 1.29 is 9.53 Å². The lowest BCUT2D eigenvalue weighted by Gasteiger charge is -2.19. The van der Waals surface area contributed by atoms with Crippen LogP contribution in [0.4, 0.5) is 11.4 Å². The van der Waals surface area contributed by atoms with E-state index in [9.17, 15) is 4.79 Å². The molecule has 36 heavy (non-hydrogen) atoms. The van der Waals surface area contributed by atoms with Crippen molar-refractivity contribution in [2.24, 2.45) is 5.73 Å². The predicted molar refractivity (Wildman–Crippen MR) is 146 cm³/mol. The molecule has 1 amide bonds. The second-order valence-corrected chi connectivity index (χ2v) is 8.09. The highest BCUT2D eigenvalue weighted by Crippen LogP contribution is 2.39. The summed E-state index contributed by atoms with van der Waals surface area (Å²) in [5.41, 5.74) is 12.5. The van der Waals surface area contributed by atoms with Crippen LogP contribution in [0.2, 0.25) is 0 Å². The molecule has 0 saturated carbocycles. The van der Waals surface area contributed by atoms with Crippen LogP contribution < -0.4 is 21.1 Å². The summed E-state index contributed by atoms with van der Waals surface area (Å²) in [4.78, 5) is 16.0. The van der Waals surface area contributed by atoms with Gasteiger partial charge in [0.25, 0.3) is 0 Å². The number of pyridine rings is 1. The molecule has 3 aromatic carbocycles. The molecule has 180 valence electrons. The highest BCUT2D eigenvalue weighted by Gasteiger charge is 2.18. The number of nitrogens with one attached hydrogen (secondary N) is 3. The van der Waals surface area contributed by atoms with Gasteiger partial charge in [-0.2, -0.15) is 0 Å². The Kier molecular flexibility index (Phi) is 7.11. The molecule has 1 aromatic heterocycles. The summed E-state index contributed by atoms with van der Waals surface area (Å²) in [5.74, 6) is 0.850. The summed E-state index contributed by atoms with van der Waals surface area (Å²) in [5, 5.41) is 14.2. The minimum atomic E-state index is -0.274. The zero-order valence-corrected chi connectivity index (χ0v) is 20.1. The number of carbonyl (C=O) groups is 1. The number of nitrogens with zero attached hydrogens (tertiary/aromatic N) is 1. The van der Waals surface area contributed by atoms with E-state index in [0.29, 0.717) is 22.9 Å². The molecule has 0 radical (unpaired) electrons. The predicted octanol–water partition coefficient (Wildman–Crippen LogP) is 5.97. The van der Waals surface area contributed by atoms with Gasteiger partial charge >= 0.3 is 0 Å². The SMILES string of the molecule is C=CC(=O)Nc1ccc(-c2ccc(NC)c(C(=N)N)c2-c2ccc(Oc3cccc(C)n3)cc2)cc1. The second kappa shape index (κ2) is 10.6. The van der Waals surface area contributed by atoms with E-state index in [1.807, 2.05) is 85.8 Å². The van der Waals surface area contributed by atoms with Crippen LogP contribution >= 0.6 is 0 Å². The zero-order chi connectivity index (χ0) is 25.7. The molecule has 0 spiro atoms. The van der Waals surface area contributed by atoms with Crippen LogP contribution in [-0.4, -0.2) is 23.8 Å². The Morgan fingerprint density at radius 3 is 2.31 bits per heavy atom. The van der Waals surface area contributed by atoms with Gasteiger partial charge in [0.1, 0.15) is 11.6 Å². The van der Waals surface area contributed by atoms with Crippen molar-refractivity contribution in [3.63, 3.8) is 0 Å². The summed E-state index contributed by atoms with van der Waals surface area (Å²) in [7, 11) is 1.80. The molecular weight excluding hydrogens is 450 g/mol. The Morgan fingerprint density at radius 2 is 1.69 bits per heavy atom. The number of carbonyl (C=O) groups excluding carboxylic acids is 1. The number of aromatic nitrogens is 1. The average Bonchev–Trinajstić information content (AvgIpc) is 2.88. The number of hydrogen-bond donors (Lipinski definition) is 4. The van der Waals surface area contributed by atoms with Gasteiger partial charge in [0, 0.05) is 41.3 Å². The van der Waals surface area contributed by atoms with Crippen LogP contribution in [0.5, 0.6) is 11.6 Å².